The minimum Gasteiger partial charge on any atom is -0.352 e. The van der Waals surface area contributed by atoms with Crippen LogP contribution in [0.25, 0.3) is 0 Å². The minimum absolute atomic E-state index is 0.402. The second-order valence-electron chi connectivity index (χ2n) is 3.92. The van der Waals surface area contributed by atoms with Crippen molar-refractivity contribution in [2.75, 3.05) is 6.67 Å². The number of rotatable bonds is 2. The van der Waals surface area contributed by atoms with Crippen LogP contribution in [-0.4, -0.2) is 22.3 Å². The van der Waals surface area contributed by atoms with Crippen molar-refractivity contribution in [2.24, 2.45) is 0 Å². The van der Waals surface area contributed by atoms with Crippen LogP contribution in [0.1, 0.15) is 24.6 Å². The molecule has 1 aromatic rings. The number of ether oxygens (including phenoxy) is 1. The molecule has 1 N–H and O–H groups in total. The van der Waals surface area contributed by atoms with E-state index < -0.39 is 30.3 Å². The molecule has 5 nitrogen and oxygen atoms in total. The van der Waals surface area contributed by atoms with Gasteiger partial charge in [0.1, 0.15) is 12.9 Å². The molecule has 1 fully saturated rings. The lowest BCUT2D eigenvalue weighted by Gasteiger charge is -2.14. The van der Waals surface area contributed by atoms with E-state index in [-0.39, 0.29) is 0 Å². The van der Waals surface area contributed by atoms with Crippen LogP contribution in [0.4, 0.5) is 4.39 Å². The summed E-state index contributed by atoms with van der Waals surface area (Å²) in [4.78, 5) is 24.9. The first kappa shape index (κ1) is 11.1. The summed E-state index contributed by atoms with van der Waals surface area (Å²) in [7, 11) is 0. The van der Waals surface area contributed by atoms with Gasteiger partial charge in [0.05, 0.1) is 6.10 Å². The SMILES string of the molecule is Cc1cn([C@H]2CC[C@H](CF)O2)c(=O)[nH]c1=O. The van der Waals surface area contributed by atoms with Gasteiger partial charge in [-0.25, -0.2) is 9.18 Å². The molecular weight excluding hydrogens is 215 g/mol. The molecule has 88 valence electrons. The number of aromatic nitrogens is 2. The molecule has 0 unspecified atom stereocenters. The van der Waals surface area contributed by atoms with Gasteiger partial charge in [-0.05, 0) is 19.8 Å². The highest BCUT2D eigenvalue weighted by atomic mass is 19.1. The first-order valence-corrected chi connectivity index (χ1v) is 5.15. The second kappa shape index (κ2) is 4.21. The zero-order chi connectivity index (χ0) is 11.7. The van der Waals surface area contributed by atoms with Crippen LogP contribution in [0.5, 0.6) is 0 Å². The van der Waals surface area contributed by atoms with Crippen molar-refractivity contribution in [3.8, 4) is 0 Å². The van der Waals surface area contributed by atoms with Gasteiger partial charge in [-0.3, -0.25) is 14.3 Å². The fourth-order valence-electron chi connectivity index (χ4n) is 1.80. The van der Waals surface area contributed by atoms with Crippen molar-refractivity contribution >= 4 is 0 Å². The summed E-state index contributed by atoms with van der Waals surface area (Å²) in [6.07, 6.45) is 1.71. The lowest BCUT2D eigenvalue weighted by atomic mass is 10.2. The number of nitrogens with one attached hydrogen (secondary N) is 1. The Hall–Kier alpha value is -1.43. The first-order valence-electron chi connectivity index (χ1n) is 5.15. The van der Waals surface area contributed by atoms with Crippen molar-refractivity contribution in [2.45, 2.75) is 32.1 Å². The molecular formula is C10H13FN2O3. The summed E-state index contributed by atoms with van der Waals surface area (Å²) in [6.45, 7) is 1.06. The van der Waals surface area contributed by atoms with Gasteiger partial charge < -0.3 is 4.74 Å². The van der Waals surface area contributed by atoms with E-state index in [0.29, 0.717) is 18.4 Å². The Labute approximate surface area is 90.9 Å². The van der Waals surface area contributed by atoms with E-state index in [9.17, 15) is 14.0 Å². The van der Waals surface area contributed by atoms with E-state index >= 15 is 0 Å². The summed E-state index contributed by atoms with van der Waals surface area (Å²) >= 11 is 0. The largest absolute Gasteiger partial charge is 0.352 e. The van der Waals surface area contributed by atoms with E-state index in [4.69, 9.17) is 4.74 Å². The van der Waals surface area contributed by atoms with Gasteiger partial charge in [0, 0.05) is 11.8 Å². The Morgan fingerprint density at radius 1 is 1.56 bits per heavy atom. The fraction of sp³-hybridized carbons (Fsp3) is 0.600. The number of halogens is 1. The molecule has 0 aliphatic carbocycles. The van der Waals surface area contributed by atoms with Crippen LogP contribution in [0.2, 0.25) is 0 Å². The third-order valence-corrected chi connectivity index (χ3v) is 2.71. The maximum Gasteiger partial charge on any atom is 0.330 e. The number of H-pyrrole nitrogens is 1. The lowest BCUT2D eigenvalue weighted by Crippen LogP contribution is -2.33. The molecule has 1 aliphatic heterocycles. The van der Waals surface area contributed by atoms with Gasteiger partial charge in [0.2, 0.25) is 0 Å². The van der Waals surface area contributed by atoms with Crippen LogP contribution in [0.3, 0.4) is 0 Å². The first-order chi connectivity index (χ1) is 7.61. The zero-order valence-corrected chi connectivity index (χ0v) is 8.90. The van der Waals surface area contributed by atoms with Crippen LogP contribution >= 0.6 is 0 Å². The number of aromatic amines is 1. The van der Waals surface area contributed by atoms with Crippen molar-refractivity contribution in [1.82, 2.24) is 9.55 Å². The third kappa shape index (κ3) is 1.92. The molecule has 0 aromatic carbocycles. The number of hydrogen-bond donors (Lipinski definition) is 1. The lowest BCUT2D eigenvalue weighted by molar-refractivity contribution is -0.0107. The average Bonchev–Trinajstić information content (AvgIpc) is 2.71. The smallest absolute Gasteiger partial charge is 0.330 e. The number of aryl methyl sites for hydroxylation is 1. The molecule has 1 aliphatic rings. The Bertz CT molecular complexity index is 494. The minimum atomic E-state index is -0.548. The molecule has 0 spiro atoms. The standard InChI is InChI=1S/C10H13FN2O3/c1-6-5-13(10(15)12-9(6)14)8-3-2-7(4-11)16-8/h5,7-8H,2-4H2,1H3,(H,12,14,15)/t7-,8-/m1/s1. The van der Waals surface area contributed by atoms with Crippen LogP contribution < -0.4 is 11.2 Å². The Morgan fingerprint density at radius 3 is 2.94 bits per heavy atom. The van der Waals surface area contributed by atoms with Crippen LogP contribution in [-0.2, 0) is 4.74 Å². The highest BCUT2D eigenvalue weighted by Gasteiger charge is 2.27. The summed E-state index contributed by atoms with van der Waals surface area (Å²) < 4.78 is 19.0. The van der Waals surface area contributed by atoms with Gasteiger partial charge in [-0.15, -0.1) is 0 Å². The quantitative estimate of drug-likeness (QED) is 0.801. The van der Waals surface area contributed by atoms with Crippen LogP contribution in [0, 0.1) is 6.92 Å². The maximum atomic E-state index is 12.4. The zero-order valence-electron chi connectivity index (χ0n) is 8.90. The summed E-state index contributed by atoms with van der Waals surface area (Å²) in [5, 5.41) is 0. The second-order valence-corrected chi connectivity index (χ2v) is 3.92. The molecule has 2 heterocycles. The molecule has 1 aromatic heterocycles. The highest BCUT2D eigenvalue weighted by Crippen LogP contribution is 2.26. The van der Waals surface area contributed by atoms with E-state index in [0.717, 1.165) is 0 Å². The fourth-order valence-corrected chi connectivity index (χ4v) is 1.80. The average molecular weight is 228 g/mol. The van der Waals surface area contributed by atoms with Gasteiger partial charge in [0.25, 0.3) is 5.56 Å². The van der Waals surface area contributed by atoms with E-state index in [2.05, 4.69) is 4.98 Å². The number of alkyl halides is 1. The highest BCUT2D eigenvalue weighted by molar-refractivity contribution is 5.01. The predicted octanol–water partition coefficient (Wildman–Crippen LogP) is 0.492. The predicted molar refractivity (Wildman–Crippen MR) is 55.2 cm³/mol. The van der Waals surface area contributed by atoms with Gasteiger partial charge in [0.15, 0.2) is 0 Å². The molecule has 2 atom stereocenters. The topological polar surface area (TPSA) is 64.1 Å². The monoisotopic (exact) mass is 228 g/mol. The van der Waals surface area contributed by atoms with Gasteiger partial charge in [-0.1, -0.05) is 0 Å². The molecule has 2 rings (SSSR count). The van der Waals surface area contributed by atoms with Crippen molar-refractivity contribution in [3.63, 3.8) is 0 Å². The molecule has 16 heavy (non-hydrogen) atoms. The van der Waals surface area contributed by atoms with Crippen molar-refractivity contribution in [1.29, 1.82) is 0 Å². The Kier molecular flexibility index (Phi) is 2.91. The molecule has 0 amide bonds. The number of hydrogen-bond acceptors (Lipinski definition) is 3. The third-order valence-electron chi connectivity index (χ3n) is 2.71. The maximum absolute atomic E-state index is 12.4. The molecule has 6 heteroatoms. The van der Waals surface area contributed by atoms with Gasteiger partial charge in [-0.2, -0.15) is 0 Å². The normalized spacial score (nSPS) is 24.9. The summed E-state index contributed by atoms with van der Waals surface area (Å²) in [6, 6.07) is 0. The molecule has 0 saturated carbocycles. The molecule has 0 radical (unpaired) electrons. The Balaban J connectivity index is 2.32. The van der Waals surface area contributed by atoms with Crippen molar-refractivity contribution in [3.05, 3.63) is 32.6 Å². The summed E-state index contributed by atoms with van der Waals surface area (Å²) in [5.41, 5.74) is -0.478. The molecule has 1 saturated heterocycles. The molecule has 0 bridgehead atoms. The van der Waals surface area contributed by atoms with E-state index in [1.165, 1.54) is 10.8 Å². The Morgan fingerprint density at radius 2 is 2.31 bits per heavy atom. The number of nitrogens with zero attached hydrogens (tertiary/aromatic N) is 1. The van der Waals surface area contributed by atoms with Crippen molar-refractivity contribution < 1.29 is 9.13 Å². The van der Waals surface area contributed by atoms with Gasteiger partial charge >= 0.3 is 5.69 Å². The summed E-state index contributed by atoms with van der Waals surface area (Å²) in [5.74, 6) is 0. The van der Waals surface area contributed by atoms with E-state index in [1.807, 2.05) is 0 Å². The van der Waals surface area contributed by atoms with E-state index in [1.54, 1.807) is 6.92 Å². The van der Waals surface area contributed by atoms with Crippen LogP contribution in [0.15, 0.2) is 15.8 Å².